The monoisotopic (exact) mass is 312 g/mol. The van der Waals surface area contributed by atoms with Gasteiger partial charge < -0.3 is 14.9 Å². The zero-order valence-corrected chi connectivity index (χ0v) is 12.9. The molecule has 1 heterocycles. The highest BCUT2D eigenvalue weighted by Gasteiger charge is 2.13. The van der Waals surface area contributed by atoms with Crippen LogP contribution in [0.25, 0.3) is 0 Å². The molecule has 0 radical (unpaired) electrons. The first kappa shape index (κ1) is 15.5. The summed E-state index contributed by atoms with van der Waals surface area (Å²) >= 11 is 0. The van der Waals surface area contributed by atoms with E-state index in [1.165, 1.54) is 0 Å². The van der Waals surface area contributed by atoms with Crippen LogP contribution in [0, 0.1) is 0 Å². The first-order valence-electron chi connectivity index (χ1n) is 7.66. The molecule has 0 amide bonds. The number of hydrogen-bond acceptors (Lipinski definition) is 5. The zero-order valence-electron chi connectivity index (χ0n) is 12.9. The summed E-state index contributed by atoms with van der Waals surface area (Å²) in [5.41, 5.74) is 2.25. The maximum absolute atomic E-state index is 10.0. The van der Waals surface area contributed by atoms with Gasteiger partial charge in [-0.05, 0) is 30.3 Å². The van der Waals surface area contributed by atoms with Gasteiger partial charge in [0.2, 0.25) is 0 Å². The summed E-state index contributed by atoms with van der Waals surface area (Å²) < 4.78 is 5.34. The number of phenols is 2. The van der Waals surface area contributed by atoms with E-state index in [0.717, 1.165) is 37.6 Å². The summed E-state index contributed by atoms with van der Waals surface area (Å²) in [6.07, 6.45) is 1.63. The van der Waals surface area contributed by atoms with E-state index in [0.29, 0.717) is 12.1 Å². The van der Waals surface area contributed by atoms with E-state index in [1.807, 2.05) is 12.1 Å². The van der Waals surface area contributed by atoms with Crippen molar-refractivity contribution >= 4 is 11.9 Å². The largest absolute Gasteiger partial charge is 0.508 e. The molecule has 5 nitrogen and oxygen atoms in total. The molecule has 1 aliphatic rings. The van der Waals surface area contributed by atoms with E-state index >= 15 is 0 Å². The van der Waals surface area contributed by atoms with E-state index in [9.17, 15) is 10.2 Å². The Balaban J connectivity index is 1.75. The van der Waals surface area contributed by atoms with Gasteiger partial charge in [-0.3, -0.25) is 9.89 Å². The Kier molecular flexibility index (Phi) is 4.90. The lowest BCUT2D eigenvalue weighted by molar-refractivity contribution is 0.0339. The molecule has 2 N–H and O–H groups in total. The van der Waals surface area contributed by atoms with Gasteiger partial charge in [-0.25, -0.2) is 0 Å². The molecule has 23 heavy (non-hydrogen) atoms. The molecule has 1 fully saturated rings. The zero-order chi connectivity index (χ0) is 16.1. The molecule has 5 heteroatoms. The molecule has 120 valence electrons. The second-order valence-corrected chi connectivity index (χ2v) is 5.52. The van der Waals surface area contributed by atoms with Crippen molar-refractivity contribution in [3.05, 3.63) is 53.6 Å². The smallest absolute Gasteiger partial charge is 0.124 e. The number of ether oxygens (including phenoxy) is 1. The van der Waals surface area contributed by atoms with Gasteiger partial charge in [-0.1, -0.05) is 12.1 Å². The van der Waals surface area contributed by atoms with Crippen LogP contribution in [0.4, 0.5) is 5.69 Å². The fourth-order valence-corrected chi connectivity index (χ4v) is 2.52. The molecule has 0 spiro atoms. The van der Waals surface area contributed by atoms with Crippen LogP contribution in [0.2, 0.25) is 0 Å². The minimum absolute atomic E-state index is 0.198. The van der Waals surface area contributed by atoms with E-state index < -0.39 is 0 Å². The van der Waals surface area contributed by atoms with Gasteiger partial charge in [-0.2, -0.15) is 0 Å². The summed E-state index contributed by atoms with van der Waals surface area (Å²) in [5.74, 6) is 0.474. The molecule has 0 bridgehead atoms. The number of morpholine rings is 1. The van der Waals surface area contributed by atoms with Crippen molar-refractivity contribution in [3.63, 3.8) is 0 Å². The van der Waals surface area contributed by atoms with Crippen LogP contribution in [0.3, 0.4) is 0 Å². The van der Waals surface area contributed by atoms with Crippen molar-refractivity contribution in [2.75, 3.05) is 26.3 Å². The molecule has 0 aromatic heterocycles. The number of rotatable bonds is 4. The molecule has 0 aliphatic carbocycles. The summed E-state index contributed by atoms with van der Waals surface area (Å²) in [7, 11) is 0. The second kappa shape index (κ2) is 7.26. The summed E-state index contributed by atoms with van der Waals surface area (Å²) in [4.78, 5) is 6.64. The minimum atomic E-state index is 0.198. The predicted octanol–water partition coefficient (Wildman–Crippen LogP) is 2.68. The number of nitrogens with zero attached hydrogens (tertiary/aromatic N) is 2. The van der Waals surface area contributed by atoms with Gasteiger partial charge in [0.15, 0.2) is 0 Å². The number of benzene rings is 2. The van der Waals surface area contributed by atoms with Crippen LogP contribution in [-0.4, -0.2) is 47.6 Å². The predicted molar refractivity (Wildman–Crippen MR) is 89.6 cm³/mol. The molecule has 0 saturated carbocycles. The van der Waals surface area contributed by atoms with Gasteiger partial charge in [0.05, 0.1) is 18.9 Å². The summed E-state index contributed by atoms with van der Waals surface area (Å²) in [6, 6.07) is 12.3. The Labute approximate surface area is 135 Å². The van der Waals surface area contributed by atoms with Gasteiger partial charge in [-0.15, -0.1) is 0 Å². The number of para-hydroxylation sites is 1. The van der Waals surface area contributed by atoms with Gasteiger partial charge >= 0.3 is 0 Å². The maximum Gasteiger partial charge on any atom is 0.124 e. The van der Waals surface area contributed by atoms with E-state index in [-0.39, 0.29) is 11.5 Å². The molecular weight excluding hydrogens is 292 g/mol. The number of hydrogen-bond donors (Lipinski definition) is 2. The number of aromatic hydroxyl groups is 2. The average Bonchev–Trinajstić information content (AvgIpc) is 2.58. The third-order valence-electron chi connectivity index (χ3n) is 3.85. The van der Waals surface area contributed by atoms with E-state index in [4.69, 9.17) is 4.74 Å². The number of aliphatic imine (C=N–C) groups is 1. The lowest BCUT2D eigenvalue weighted by Crippen LogP contribution is -2.35. The summed E-state index contributed by atoms with van der Waals surface area (Å²) in [5, 5.41) is 19.8. The van der Waals surface area contributed by atoms with Crippen molar-refractivity contribution < 1.29 is 14.9 Å². The standard InChI is InChI=1S/C18H20N2O3/c21-17-4-2-1-3-14(17)12-19-16-5-6-18(22)15(11-16)13-20-7-9-23-10-8-20/h1-6,11-12,21-22H,7-10,13H2. The lowest BCUT2D eigenvalue weighted by Gasteiger charge is -2.26. The second-order valence-electron chi connectivity index (χ2n) is 5.52. The Hall–Kier alpha value is -2.37. The van der Waals surface area contributed by atoms with Crippen molar-refractivity contribution in [3.8, 4) is 11.5 Å². The van der Waals surface area contributed by atoms with Gasteiger partial charge in [0, 0.05) is 37.0 Å². The fraction of sp³-hybridized carbons (Fsp3) is 0.278. The van der Waals surface area contributed by atoms with Crippen molar-refractivity contribution in [2.24, 2.45) is 4.99 Å². The van der Waals surface area contributed by atoms with Crippen LogP contribution < -0.4 is 0 Å². The molecular formula is C18H20N2O3. The molecule has 0 unspecified atom stereocenters. The molecule has 2 aromatic carbocycles. The molecule has 3 rings (SSSR count). The topological polar surface area (TPSA) is 65.3 Å². The summed E-state index contributed by atoms with van der Waals surface area (Å²) in [6.45, 7) is 3.86. The Morgan fingerprint density at radius 2 is 1.83 bits per heavy atom. The first-order chi connectivity index (χ1) is 11.2. The Bertz CT molecular complexity index is 694. The third kappa shape index (κ3) is 4.09. The normalized spacial score (nSPS) is 16.0. The van der Waals surface area contributed by atoms with E-state index in [1.54, 1.807) is 36.5 Å². The van der Waals surface area contributed by atoms with Gasteiger partial charge in [0.25, 0.3) is 0 Å². The van der Waals surface area contributed by atoms with Crippen LogP contribution in [-0.2, 0) is 11.3 Å². The van der Waals surface area contributed by atoms with Crippen molar-refractivity contribution in [1.82, 2.24) is 4.90 Å². The first-order valence-corrected chi connectivity index (χ1v) is 7.66. The fourth-order valence-electron chi connectivity index (χ4n) is 2.52. The van der Waals surface area contributed by atoms with Crippen LogP contribution >= 0.6 is 0 Å². The Morgan fingerprint density at radius 3 is 2.61 bits per heavy atom. The van der Waals surface area contributed by atoms with Crippen molar-refractivity contribution in [2.45, 2.75) is 6.54 Å². The molecule has 1 aliphatic heterocycles. The molecule has 2 aromatic rings. The van der Waals surface area contributed by atoms with Crippen molar-refractivity contribution in [1.29, 1.82) is 0 Å². The third-order valence-corrected chi connectivity index (χ3v) is 3.85. The minimum Gasteiger partial charge on any atom is -0.508 e. The van der Waals surface area contributed by atoms with Crippen LogP contribution in [0.5, 0.6) is 11.5 Å². The lowest BCUT2D eigenvalue weighted by atomic mass is 10.1. The van der Waals surface area contributed by atoms with Crippen LogP contribution in [0.15, 0.2) is 47.5 Å². The van der Waals surface area contributed by atoms with Gasteiger partial charge in [0.1, 0.15) is 11.5 Å². The highest BCUT2D eigenvalue weighted by atomic mass is 16.5. The number of phenolic OH excluding ortho intramolecular Hbond substituents is 2. The highest BCUT2D eigenvalue weighted by Crippen LogP contribution is 2.25. The highest BCUT2D eigenvalue weighted by molar-refractivity contribution is 5.85. The Morgan fingerprint density at radius 1 is 1.04 bits per heavy atom. The maximum atomic E-state index is 10.0. The average molecular weight is 312 g/mol. The SMILES string of the molecule is Oc1ccccc1C=Nc1ccc(O)c(CN2CCOCC2)c1. The van der Waals surface area contributed by atoms with Crippen LogP contribution in [0.1, 0.15) is 11.1 Å². The van der Waals surface area contributed by atoms with E-state index in [2.05, 4.69) is 9.89 Å². The molecule has 0 atom stereocenters. The molecule has 1 saturated heterocycles. The quantitative estimate of drug-likeness (QED) is 0.852.